The van der Waals surface area contributed by atoms with Crippen LogP contribution in [0.3, 0.4) is 0 Å². The second kappa shape index (κ2) is 8.07. The van der Waals surface area contributed by atoms with Crippen LogP contribution in [0.4, 0.5) is 0 Å². The van der Waals surface area contributed by atoms with E-state index in [0.717, 1.165) is 10.5 Å². The minimum Gasteiger partial charge on any atom is -0.431 e. The Balaban J connectivity index is 0. The molecule has 0 fully saturated rings. The first-order chi connectivity index (χ1) is 6.04. The predicted molar refractivity (Wildman–Crippen MR) is 47.9 cm³/mol. The maximum absolute atomic E-state index is 10.0. The second-order valence-corrected chi connectivity index (χ2v) is 3.18. The van der Waals surface area contributed by atoms with E-state index in [1.54, 1.807) is 7.11 Å². The highest BCUT2D eigenvalue weighted by Crippen LogP contribution is 2.05. The molecule has 0 rings (SSSR count). The van der Waals surface area contributed by atoms with Gasteiger partial charge in [0.1, 0.15) is 30.3 Å². The van der Waals surface area contributed by atoms with Crippen LogP contribution in [0.25, 0.3) is 0 Å². The zero-order chi connectivity index (χ0) is 10.9. The van der Waals surface area contributed by atoms with Crippen LogP contribution >= 0.6 is 0 Å². The molecule has 0 radical (unpaired) electrons. The summed E-state index contributed by atoms with van der Waals surface area (Å²) in [7, 11) is 2.56. The molecule has 0 aliphatic rings. The molecule has 0 amide bonds. The number of rotatable bonds is 4. The van der Waals surface area contributed by atoms with Gasteiger partial charge in [-0.1, -0.05) is 0 Å². The van der Waals surface area contributed by atoms with Crippen molar-refractivity contribution in [1.82, 2.24) is 0 Å². The Labute approximate surface area is 78.6 Å². The molecule has 0 spiro atoms. The number of hydrogen-bond donors (Lipinski definition) is 3. The van der Waals surface area contributed by atoms with E-state index in [0.29, 0.717) is 0 Å². The largest absolute Gasteiger partial charge is 0.431 e. The Bertz CT molecular complexity index is 131. The van der Waals surface area contributed by atoms with Gasteiger partial charge >= 0.3 is 0 Å². The van der Waals surface area contributed by atoms with Crippen molar-refractivity contribution in [3.63, 3.8) is 0 Å². The molecule has 0 bridgehead atoms. The molecule has 0 saturated carbocycles. The van der Waals surface area contributed by atoms with E-state index in [4.69, 9.17) is 15.3 Å². The Kier molecular flexibility index (Phi) is 9.29. The monoisotopic (exact) mass is 213 g/mol. The van der Waals surface area contributed by atoms with Crippen LogP contribution in [0.2, 0.25) is 0 Å². The maximum atomic E-state index is 10.0. The Morgan fingerprint density at radius 3 is 1.62 bits per heavy atom. The SMILES string of the molecule is CO[SiH3].O=[N+]([O-])C(CO)(CO)CO. The number of nitrogens with zero attached hydrogens (tertiary/aromatic N) is 1. The molecular weight excluding hydrogens is 198 g/mol. The first-order valence-corrected chi connectivity index (χ1v) is 4.23. The van der Waals surface area contributed by atoms with Crippen LogP contribution in [0, 0.1) is 10.1 Å². The van der Waals surface area contributed by atoms with Gasteiger partial charge in [0.15, 0.2) is 0 Å². The Morgan fingerprint density at radius 1 is 1.38 bits per heavy atom. The molecule has 0 heterocycles. The summed E-state index contributed by atoms with van der Waals surface area (Å²) in [6.45, 7) is -2.60. The summed E-state index contributed by atoms with van der Waals surface area (Å²) in [5.74, 6) is 0. The molecule has 0 atom stereocenters. The smallest absolute Gasteiger partial charge is 0.289 e. The van der Waals surface area contributed by atoms with Crippen molar-refractivity contribution < 1.29 is 24.7 Å². The third-order valence-corrected chi connectivity index (χ3v) is 1.27. The molecule has 0 unspecified atom stereocenters. The zero-order valence-electron chi connectivity index (χ0n) is 7.63. The van der Waals surface area contributed by atoms with Gasteiger partial charge in [0, 0.05) is 12.0 Å². The molecule has 0 aliphatic carbocycles. The average Bonchev–Trinajstić information content (AvgIpc) is 2.09. The van der Waals surface area contributed by atoms with E-state index >= 15 is 0 Å². The molecule has 13 heavy (non-hydrogen) atoms. The number of nitro groups is 1. The lowest BCUT2D eigenvalue weighted by Gasteiger charge is -2.16. The minimum absolute atomic E-state index is 0.868. The van der Waals surface area contributed by atoms with Crippen LogP contribution in [-0.2, 0) is 4.43 Å². The van der Waals surface area contributed by atoms with Crippen LogP contribution in [0.1, 0.15) is 0 Å². The molecule has 0 aromatic heterocycles. The summed E-state index contributed by atoms with van der Waals surface area (Å²) in [6, 6.07) is 0. The quantitative estimate of drug-likeness (QED) is 0.259. The van der Waals surface area contributed by atoms with Crippen LogP contribution in [0.15, 0.2) is 0 Å². The van der Waals surface area contributed by atoms with Gasteiger partial charge < -0.3 is 19.7 Å². The molecule has 0 aromatic rings. The summed E-state index contributed by atoms with van der Waals surface area (Å²) >= 11 is 0. The lowest BCUT2D eigenvalue weighted by atomic mass is 10.1. The fourth-order valence-corrected chi connectivity index (χ4v) is 0.323. The first-order valence-electron chi connectivity index (χ1n) is 3.41. The maximum Gasteiger partial charge on any atom is 0.289 e. The second-order valence-electron chi connectivity index (χ2n) is 2.36. The Morgan fingerprint density at radius 2 is 1.62 bits per heavy atom. The highest BCUT2D eigenvalue weighted by atomic mass is 28.2. The standard InChI is InChI=1S/C4H9NO5.CH6OSi/c6-1-4(2-7,3-8)5(9)10;1-2-3/h6-8H,1-3H2;1,3H3. The van der Waals surface area contributed by atoms with Crippen molar-refractivity contribution in [3.05, 3.63) is 10.1 Å². The van der Waals surface area contributed by atoms with E-state index in [2.05, 4.69) is 4.43 Å². The minimum atomic E-state index is -1.99. The zero-order valence-corrected chi connectivity index (χ0v) is 9.63. The topological polar surface area (TPSA) is 113 Å². The normalized spacial score (nSPS) is 10.5. The van der Waals surface area contributed by atoms with Crippen molar-refractivity contribution in [1.29, 1.82) is 0 Å². The van der Waals surface area contributed by atoms with Gasteiger partial charge in [0.05, 0.1) is 0 Å². The lowest BCUT2D eigenvalue weighted by Crippen LogP contribution is -2.49. The molecule has 7 nitrogen and oxygen atoms in total. The van der Waals surface area contributed by atoms with Gasteiger partial charge in [0.2, 0.25) is 0 Å². The molecule has 3 N–H and O–H groups in total. The molecular formula is C5H15NO6Si. The number of aliphatic hydroxyl groups excluding tert-OH is 3. The average molecular weight is 213 g/mol. The molecule has 0 aliphatic heterocycles. The lowest BCUT2D eigenvalue weighted by molar-refractivity contribution is -0.580. The van der Waals surface area contributed by atoms with Gasteiger partial charge in [-0.25, -0.2) is 0 Å². The first kappa shape index (κ1) is 15.0. The highest BCUT2D eigenvalue weighted by molar-refractivity contribution is 5.97. The van der Waals surface area contributed by atoms with E-state index in [1.165, 1.54) is 0 Å². The van der Waals surface area contributed by atoms with Gasteiger partial charge in [-0.15, -0.1) is 0 Å². The predicted octanol–water partition coefficient (Wildman–Crippen LogP) is -3.11. The Hall–Kier alpha value is -0.543. The third-order valence-electron chi connectivity index (χ3n) is 1.27. The van der Waals surface area contributed by atoms with Crippen molar-refractivity contribution >= 4 is 10.5 Å². The summed E-state index contributed by atoms with van der Waals surface area (Å²) in [4.78, 5) is 9.14. The van der Waals surface area contributed by atoms with Crippen molar-refractivity contribution in [2.24, 2.45) is 0 Å². The van der Waals surface area contributed by atoms with E-state index < -0.39 is 30.3 Å². The molecule has 80 valence electrons. The van der Waals surface area contributed by atoms with Gasteiger partial charge in [-0.05, 0) is 0 Å². The summed E-state index contributed by atoms with van der Waals surface area (Å²) in [5.41, 5.74) is -1.99. The van der Waals surface area contributed by atoms with Gasteiger partial charge in [-0.3, -0.25) is 10.1 Å². The van der Waals surface area contributed by atoms with Crippen molar-refractivity contribution in [3.8, 4) is 0 Å². The van der Waals surface area contributed by atoms with Gasteiger partial charge in [0.25, 0.3) is 5.54 Å². The third kappa shape index (κ3) is 4.90. The van der Waals surface area contributed by atoms with E-state index in [-0.39, 0.29) is 0 Å². The number of hydrogen-bond acceptors (Lipinski definition) is 6. The highest BCUT2D eigenvalue weighted by Gasteiger charge is 2.41. The molecule has 8 heteroatoms. The summed E-state index contributed by atoms with van der Waals surface area (Å²) in [5, 5.41) is 35.2. The van der Waals surface area contributed by atoms with Crippen LogP contribution in [0.5, 0.6) is 0 Å². The fourth-order valence-electron chi connectivity index (χ4n) is 0.323. The van der Waals surface area contributed by atoms with E-state index in [9.17, 15) is 10.1 Å². The summed E-state index contributed by atoms with van der Waals surface area (Å²) < 4.78 is 4.39. The van der Waals surface area contributed by atoms with Crippen molar-refractivity contribution in [2.75, 3.05) is 26.9 Å². The van der Waals surface area contributed by atoms with Crippen molar-refractivity contribution in [2.45, 2.75) is 5.54 Å². The van der Waals surface area contributed by atoms with E-state index in [1.807, 2.05) is 0 Å². The number of aliphatic hydroxyl groups is 3. The van der Waals surface area contributed by atoms with Gasteiger partial charge in [-0.2, -0.15) is 0 Å². The molecule has 0 saturated heterocycles. The summed E-state index contributed by atoms with van der Waals surface area (Å²) in [6.07, 6.45) is 0. The van der Waals surface area contributed by atoms with Crippen LogP contribution in [-0.4, -0.2) is 63.2 Å². The fraction of sp³-hybridized carbons (Fsp3) is 1.00. The van der Waals surface area contributed by atoms with Crippen LogP contribution < -0.4 is 0 Å². The molecule has 0 aromatic carbocycles.